The van der Waals surface area contributed by atoms with Crippen molar-refractivity contribution >= 4 is 39.1 Å². The molecule has 4 aromatic rings. The van der Waals surface area contributed by atoms with E-state index >= 15 is 0 Å². The Labute approximate surface area is 199 Å². The molecule has 0 bridgehead atoms. The molecule has 0 fully saturated rings. The van der Waals surface area contributed by atoms with Crippen LogP contribution in [-0.4, -0.2) is 24.5 Å². The van der Waals surface area contributed by atoms with Crippen molar-refractivity contribution in [1.29, 1.82) is 0 Å². The van der Waals surface area contributed by atoms with Crippen LogP contribution in [0.4, 0.5) is 15.8 Å². The Hall–Kier alpha value is -3.70. The molecular formula is C23H19FN4O4S2. The molecule has 8 nitrogen and oxygen atoms in total. The third-order valence-electron chi connectivity index (χ3n) is 4.57. The Morgan fingerprint density at radius 2 is 1.91 bits per heavy atom. The molecule has 0 spiro atoms. The molecule has 0 aliphatic heterocycles. The minimum atomic E-state index is -4.08. The number of benzene rings is 2. The van der Waals surface area contributed by atoms with Crippen LogP contribution in [-0.2, 0) is 15.8 Å². The van der Waals surface area contributed by atoms with Gasteiger partial charge in [-0.1, -0.05) is 35.1 Å². The molecular weight excluding hydrogens is 479 g/mol. The number of nitrogens with one attached hydrogen (secondary N) is 2. The van der Waals surface area contributed by atoms with Crippen LogP contribution in [0.25, 0.3) is 0 Å². The van der Waals surface area contributed by atoms with E-state index in [1.165, 1.54) is 48.2 Å². The van der Waals surface area contributed by atoms with Crippen LogP contribution in [0.15, 0.2) is 87.4 Å². The van der Waals surface area contributed by atoms with E-state index in [4.69, 9.17) is 4.52 Å². The van der Waals surface area contributed by atoms with Crippen LogP contribution in [0.5, 0.6) is 0 Å². The lowest BCUT2D eigenvalue weighted by molar-refractivity contribution is 0.102. The van der Waals surface area contributed by atoms with Crippen molar-refractivity contribution in [2.24, 2.45) is 0 Å². The van der Waals surface area contributed by atoms with Crippen LogP contribution in [0.1, 0.15) is 21.8 Å². The molecule has 174 valence electrons. The zero-order chi connectivity index (χ0) is 24.1. The highest BCUT2D eigenvalue weighted by atomic mass is 32.2. The predicted molar refractivity (Wildman–Crippen MR) is 127 cm³/mol. The zero-order valence-corrected chi connectivity index (χ0v) is 19.5. The van der Waals surface area contributed by atoms with Crippen molar-refractivity contribution in [3.8, 4) is 0 Å². The summed E-state index contributed by atoms with van der Waals surface area (Å²) >= 11 is 1.33. The maximum absolute atomic E-state index is 13.9. The Kier molecular flexibility index (Phi) is 6.94. The van der Waals surface area contributed by atoms with E-state index in [2.05, 4.69) is 20.2 Å². The summed E-state index contributed by atoms with van der Waals surface area (Å²) in [7, 11) is -4.08. The normalized spacial score (nSPS) is 11.2. The standard InChI is InChI=1S/C23H19FN4O4S2/c1-15-12-17(27-32-15)14-33-23-19(8-5-11-25-23)22(29)26-16-6-4-7-18(13-16)34(30,31)28-21-10-3-2-9-20(21)24/h2-13,28H,14H2,1H3,(H,26,29). The molecule has 0 atom stereocenters. The summed E-state index contributed by atoms with van der Waals surface area (Å²) < 4.78 is 46.6. The second-order valence-electron chi connectivity index (χ2n) is 7.14. The predicted octanol–water partition coefficient (Wildman–Crippen LogP) is 4.86. The Bertz CT molecular complexity index is 1440. The highest BCUT2D eigenvalue weighted by Gasteiger charge is 2.18. The minimum absolute atomic E-state index is 0.129. The minimum Gasteiger partial charge on any atom is -0.361 e. The molecule has 34 heavy (non-hydrogen) atoms. The second-order valence-corrected chi connectivity index (χ2v) is 9.79. The molecule has 2 aromatic heterocycles. The van der Waals surface area contributed by atoms with E-state index in [1.807, 2.05) is 0 Å². The molecule has 0 aliphatic rings. The first-order chi connectivity index (χ1) is 16.3. The largest absolute Gasteiger partial charge is 0.361 e. The topological polar surface area (TPSA) is 114 Å². The fourth-order valence-electron chi connectivity index (χ4n) is 2.99. The number of para-hydroxylation sites is 1. The summed E-state index contributed by atoms with van der Waals surface area (Å²) in [5.41, 5.74) is 1.13. The van der Waals surface area contributed by atoms with Gasteiger partial charge < -0.3 is 9.84 Å². The number of carbonyl (C=O) groups excluding carboxylic acids is 1. The molecule has 2 aromatic carbocycles. The summed E-state index contributed by atoms with van der Waals surface area (Å²) in [5, 5.41) is 7.12. The van der Waals surface area contributed by atoms with Crippen molar-refractivity contribution in [3.63, 3.8) is 0 Å². The molecule has 1 amide bonds. The van der Waals surface area contributed by atoms with Gasteiger partial charge >= 0.3 is 0 Å². The number of carbonyl (C=O) groups is 1. The van der Waals surface area contributed by atoms with Crippen molar-refractivity contribution in [1.82, 2.24) is 10.1 Å². The Balaban J connectivity index is 1.50. The average Bonchev–Trinajstić information content (AvgIpc) is 3.24. The van der Waals surface area contributed by atoms with Gasteiger partial charge in [0.2, 0.25) is 0 Å². The highest BCUT2D eigenvalue weighted by Crippen LogP contribution is 2.26. The monoisotopic (exact) mass is 498 g/mol. The maximum atomic E-state index is 13.9. The second kappa shape index (κ2) is 10.1. The number of pyridine rings is 1. The summed E-state index contributed by atoms with van der Waals surface area (Å²) in [5.74, 6) is -0.000234. The molecule has 0 saturated carbocycles. The van der Waals surface area contributed by atoms with Gasteiger partial charge in [0.05, 0.1) is 21.8 Å². The molecule has 4 rings (SSSR count). The van der Waals surface area contributed by atoms with Crippen molar-refractivity contribution in [2.45, 2.75) is 22.6 Å². The first kappa shape index (κ1) is 23.5. The van der Waals surface area contributed by atoms with Crippen LogP contribution >= 0.6 is 11.8 Å². The fourth-order valence-corrected chi connectivity index (χ4v) is 4.98. The Morgan fingerprint density at radius 1 is 1.09 bits per heavy atom. The number of nitrogens with zero attached hydrogens (tertiary/aromatic N) is 2. The SMILES string of the molecule is Cc1cc(CSc2ncccc2C(=O)Nc2cccc(S(=O)(=O)Nc3ccccc3F)c2)no1. The van der Waals surface area contributed by atoms with Crippen LogP contribution in [0, 0.1) is 12.7 Å². The summed E-state index contributed by atoms with van der Waals surface area (Å²) in [4.78, 5) is 17.1. The van der Waals surface area contributed by atoms with Gasteiger partial charge in [-0.15, -0.1) is 0 Å². The van der Waals surface area contributed by atoms with E-state index in [0.29, 0.717) is 22.1 Å². The highest BCUT2D eigenvalue weighted by molar-refractivity contribution is 7.98. The smallest absolute Gasteiger partial charge is 0.262 e. The van der Waals surface area contributed by atoms with E-state index in [-0.39, 0.29) is 16.3 Å². The van der Waals surface area contributed by atoms with Gasteiger partial charge in [0, 0.05) is 23.7 Å². The quantitative estimate of drug-likeness (QED) is 0.333. The molecule has 11 heteroatoms. The van der Waals surface area contributed by atoms with E-state index < -0.39 is 21.7 Å². The number of hydrogen-bond donors (Lipinski definition) is 2. The van der Waals surface area contributed by atoms with E-state index in [0.717, 1.165) is 11.8 Å². The number of sulfonamides is 1. The van der Waals surface area contributed by atoms with Crippen LogP contribution in [0.3, 0.4) is 0 Å². The number of thioether (sulfide) groups is 1. The summed E-state index contributed by atoms with van der Waals surface area (Å²) in [6, 6.07) is 16.2. The lowest BCUT2D eigenvalue weighted by atomic mass is 10.2. The van der Waals surface area contributed by atoms with Crippen molar-refractivity contribution < 1.29 is 22.1 Å². The lowest BCUT2D eigenvalue weighted by Gasteiger charge is -2.12. The first-order valence-electron chi connectivity index (χ1n) is 10.0. The number of hydrogen-bond acceptors (Lipinski definition) is 7. The Morgan fingerprint density at radius 3 is 2.68 bits per heavy atom. The third kappa shape index (κ3) is 5.61. The molecule has 0 unspecified atom stereocenters. The lowest BCUT2D eigenvalue weighted by Crippen LogP contribution is -2.16. The molecule has 2 heterocycles. The van der Waals surface area contributed by atoms with Gasteiger partial charge in [0.15, 0.2) is 0 Å². The summed E-state index contributed by atoms with van der Waals surface area (Å²) in [6.45, 7) is 1.79. The summed E-state index contributed by atoms with van der Waals surface area (Å²) in [6.07, 6.45) is 1.58. The van der Waals surface area contributed by atoms with Crippen molar-refractivity contribution in [3.05, 3.63) is 95.8 Å². The van der Waals surface area contributed by atoms with Gasteiger partial charge in [-0.25, -0.2) is 17.8 Å². The average molecular weight is 499 g/mol. The number of amides is 1. The molecule has 0 saturated heterocycles. The third-order valence-corrected chi connectivity index (χ3v) is 6.97. The van der Waals surface area contributed by atoms with Crippen LogP contribution in [0.2, 0.25) is 0 Å². The van der Waals surface area contributed by atoms with Gasteiger partial charge in [-0.3, -0.25) is 9.52 Å². The first-order valence-corrected chi connectivity index (χ1v) is 12.5. The van der Waals surface area contributed by atoms with Gasteiger partial charge in [-0.2, -0.15) is 0 Å². The van der Waals surface area contributed by atoms with Gasteiger partial charge in [0.25, 0.3) is 15.9 Å². The number of rotatable bonds is 8. The molecule has 2 N–H and O–H groups in total. The number of halogens is 1. The van der Waals surface area contributed by atoms with E-state index in [9.17, 15) is 17.6 Å². The fraction of sp³-hybridized carbons (Fsp3) is 0.0870. The van der Waals surface area contributed by atoms with Crippen molar-refractivity contribution in [2.75, 3.05) is 10.0 Å². The van der Waals surface area contributed by atoms with Gasteiger partial charge in [0.1, 0.15) is 16.6 Å². The van der Waals surface area contributed by atoms with Crippen LogP contribution < -0.4 is 10.0 Å². The maximum Gasteiger partial charge on any atom is 0.262 e. The molecule has 0 aliphatic carbocycles. The zero-order valence-electron chi connectivity index (χ0n) is 17.9. The number of aryl methyl sites for hydroxylation is 1. The molecule has 0 radical (unpaired) electrons. The number of anilines is 2. The number of aromatic nitrogens is 2. The van der Waals surface area contributed by atoms with Gasteiger partial charge in [-0.05, 0) is 49.4 Å². The van der Waals surface area contributed by atoms with E-state index in [1.54, 1.807) is 37.4 Å².